The van der Waals surface area contributed by atoms with Crippen LogP contribution in [0, 0.1) is 5.82 Å². The number of hydrogen-bond acceptors (Lipinski definition) is 2. The van der Waals surface area contributed by atoms with Gasteiger partial charge >= 0.3 is 0 Å². The smallest absolute Gasteiger partial charge is 0.127 e. The fourth-order valence-electron chi connectivity index (χ4n) is 1.56. The summed E-state index contributed by atoms with van der Waals surface area (Å²) in [5.41, 5.74) is 0.758. The third-order valence-corrected chi connectivity index (χ3v) is 2.82. The van der Waals surface area contributed by atoms with E-state index < -0.39 is 0 Å². The molecule has 0 saturated carbocycles. The molecule has 2 nitrogen and oxygen atoms in total. The Bertz CT molecular complexity index is 315. The number of rotatable bonds is 6. The first kappa shape index (κ1) is 13.1. The van der Waals surface area contributed by atoms with Crippen LogP contribution in [0.1, 0.15) is 19.4 Å². The summed E-state index contributed by atoms with van der Waals surface area (Å²) in [7, 11) is 2.02. The molecule has 0 aliphatic rings. The average Bonchev–Trinajstić information content (AvgIpc) is 2.28. The SMILES string of the molecule is CCNCC(C)N(C)Cc1ccccc1F. The van der Waals surface area contributed by atoms with E-state index in [2.05, 4.69) is 24.1 Å². The van der Waals surface area contributed by atoms with Crippen LogP contribution in [0.2, 0.25) is 0 Å². The molecule has 0 bridgehead atoms. The summed E-state index contributed by atoms with van der Waals surface area (Å²) in [6.07, 6.45) is 0. The second kappa shape index (κ2) is 6.61. The summed E-state index contributed by atoms with van der Waals surface area (Å²) >= 11 is 0. The van der Waals surface area contributed by atoms with Crippen LogP contribution in [0.4, 0.5) is 4.39 Å². The summed E-state index contributed by atoms with van der Waals surface area (Å²) in [5, 5.41) is 3.29. The number of nitrogens with zero attached hydrogens (tertiary/aromatic N) is 1. The lowest BCUT2D eigenvalue weighted by Gasteiger charge is -2.25. The number of halogens is 1. The fraction of sp³-hybridized carbons (Fsp3) is 0.538. The van der Waals surface area contributed by atoms with E-state index in [0.717, 1.165) is 18.7 Å². The normalized spacial score (nSPS) is 13.1. The van der Waals surface area contributed by atoms with Crippen LogP contribution in [0.3, 0.4) is 0 Å². The Morgan fingerprint density at radius 2 is 2.06 bits per heavy atom. The van der Waals surface area contributed by atoms with E-state index in [1.54, 1.807) is 6.07 Å². The topological polar surface area (TPSA) is 15.3 Å². The molecule has 0 radical (unpaired) electrons. The lowest BCUT2D eigenvalue weighted by molar-refractivity contribution is 0.241. The maximum atomic E-state index is 13.4. The molecule has 0 aliphatic carbocycles. The van der Waals surface area contributed by atoms with Crippen molar-refractivity contribution in [3.63, 3.8) is 0 Å². The van der Waals surface area contributed by atoms with E-state index in [1.165, 1.54) is 6.07 Å². The molecular formula is C13H21FN2. The van der Waals surface area contributed by atoms with Gasteiger partial charge in [0.2, 0.25) is 0 Å². The summed E-state index contributed by atoms with van der Waals surface area (Å²) in [4.78, 5) is 2.15. The minimum Gasteiger partial charge on any atom is -0.315 e. The summed E-state index contributed by atoms with van der Waals surface area (Å²) in [6.45, 7) is 6.78. The molecule has 1 unspecified atom stereocenters. The van der Waals surface area contributed by atoms with Crippen LogP contribution in [-0.4, -0.2) is 31.1 Å². The van der Waals surface area contributed by atoms with Crippen LogP contribution >= 0.6 is 0 Å². The van der Waals surface area contributed by atoms with Crippen LogP contribution < -0.4 is 5.32 Å². The van der Waals surface area contributed by atoms with E-state index in [0.29, 0.717) is 12.6 Å². The van der Waals surface area contributed by atoms with Gasteiger partial charge in [-0.25, -0.2) is 4.39 Å². The molecule has 0 saturated heterocycles. The molecule has 0 aromatic heterocycles. The average molecular weight is 224 g/mol. The van der Waals surface area contributed by atoms with Crippen molar-refractivity contribution in [1.29, 1.82) is 0 Å². The van der Waals surface area contributed by atoms with Gasteiger partial charge in [0, 0.05) is 24.7 Å². The Morgan fingerprint density at radius 1 is 1.38 bits per heavy atom. The van der Waals surface area contributed by atoms with Gasteiger partial charge in [-0.2, -0.15) is 0 Å². The first-order valence-electron chi connectivity index (χ1n) is 5.79. The minimum atomic E-state index is -0.120. The highest BCUT2D eigenvalue weighted by Crippen LogP contribution is 2.10. The Balaban J connectivity index is 2.50. The van der Waals surface area contributed by atoms with Crippen molar-refractivity contribution in [2.24, 2.45) is 0 Å². The summed E-state index contributed by atoms with van der Waals surface area (Å²) < 4.78 is 13.4. The van der Waals surface area contributed by atoms with Gasteiger partial charge in [-0.15, -0.1) is 0 Å². The van der Waals surface area contributed by atoms with Gasteiger partial charge in [0.15, 0.2) is 0 Å². The molecule has 0 fully saturated rings. The minimum absolute atomic E-state index is 0.120. The molecule has 1 aromatic carbocycles. The highest BCUT2D eigenvalue weighted by molar-refractivity contribution is 5.17. The standard InChI is InChI=1S/C13H21FN2/c1-4-15-9-11(2)16(3)10-12-7-5-6-8-13(12)14/h5-8,11,15H,4,9-10H2,1-3H3. The van der Waals surface area contributed by atoms with Crippen molar-refractivity contribution < 1.29 is 4.39 Å². The lowest BCUT2D eigenvalue weighted by Crippen LogP contribution is -2.37. The van der Waals surface area contributed by atoms with Gasteiger partial charge in [0.05, 0.1) is 0 Å². The van der Waals surface area contributed by atoms with Crippen LogP contribution in [0.5, 0.6) is 0 Å². The zero-order valence-corrected chi connectivity index (χ0v) is 10.3. The van der Waals surface area contributed by atoms with Gasteiger partial charge in [0.25, 0.3) is 0 Å². The zero-order valence-electron chi connectivity index (χ0n) is 10.3. The Kier molecular flexibility index (Phi) is 5.43. The highest BCUT2D eigenvalue weighted by Gasteiger charge is 2.10. The molecule has 1 N–H and O–H groups in total. The molecule has 0 amide bonds. The van der Waals surface area contributed by atoms with Gasteiger partial charge in [-0.3, -0.25) is 4.90 Å². The molecule has 90 valence electrons. The molecule has 16 heavy (non-hydrogen) atoms. The zero-order chi connectivity index (χ0) is 12.0. The monoisotopic (exact) mass is 224 g/mol. The molecule has 1 aromatic rings. The van der Waals surface area contributed by atoms with Crippen LogP contribution in [-0.2, 0) is 6.54 Å². The van der Waals surface area contributed by atoms with Crippen molar-refractivity contribution in [2.75, 3.05) is 20.1 Å². The van der Waals surface area contributed by atoms with Gasteiger partial charge in [-0.05, 0) is 26.6 Å². The first-order valence-corrected chi connectivity index (χ1v) is 5.79. The van der Waals surface area contributed by atoms with Crippen molar-refractivity contribution in [3.8, 4) is 0 Å². The van der Waals surface area contributed by atoms with Crippen molar-refractivity contribution in [3.05, 3.63) is 35.6 Å². The predicted octanol–water partition coefficient (Wildman–Crippen LogP) is 2.26. The lowest BCUT2D eigenvalue weighted by atomic mass is 10.2. The molecule has 1 rings (SSSR count). The quantitative estimate of drug-likeness (QED) is 0.797. The maximum absolute atomic E-state index is 13.4. The second-order valence-electron chi connectivity index (χ2n) is 4.16. The Labute approximate surface area is 97.5 Å². The number of nitrogens with one attached hydrogen (secondary N) is 1. The molecule has 0 heterocycles. The van der Waals surface area contributed by atoms with Crippen LogP contribution in [0.15, 0.2) is 24.3 Å². The largest absolute Gasteiger partial charge is 0.315 e. The molecule has 0 aliphatic heterocycles. The van der Waals surface area contributed by atoms with E-state index >= 15 is 0 Å². The maximum Gasteiger partial charge on any atom is 0.127 e. The third-order valence-electron chi connectivity index (χ3n) is 2.82. The van der Waals surface area contributed by atoms with E-state index in [9.17, 15) is 4.39 Å². The van der Waals surface area contributed by atoms with Gasteiger partial charge in [-0.1, -0.05) is 25.1 Å². The van der Waals surface area contributed by atoms with E-state index in [4.69, 9.17) is 0 Å². The second-order valence-corrected chi connectivity index (χ2v) is 4.16. The number of likely N-dealkylation sites (N-methyl/N-ethyl adjacent to an activating group) is 2. The molecule has 1 atom stereocenters. The fourth-order valence-corrected chi connectivity index (χ4v) is 1.56. The summed E-state index contributed by atoms with van der Waals surface area (Å²) in [5.74, 6) is -0.120. The van der Waals surface area contributed by atoms with Crippen molar-refractivity contribution in [1.82, 2.24) is 10.2 Å². The summed E-state index contributed by atoms with van der Waals surface area (Å²) in [6, 6.07) is 7.35. The predicted molar refractivity (Wildman–Crippen MR) is 65.9 cm³/mol. The first-order chi connectivity index (χ1) is 7.65. The van der Waals surface area contributed by atoms with Crippen molar-refractivity contribution >= 4 is 0 Å². The molecule has 0 spiro atoms. The van der Waals surface area contributed by atoms with Crippen molar-refractivity contribution in [2.45, 2.75) is 26.4 Å². The van der Waals surface area contributed by atoms with E-state index in [-0.39, 0.29) is 5.82 Å². The molecular weight excluding hydrogens is 203 g/mol. The Hall–Kier alpha value is -0.930. The van der Waals surface area contributed by atoms with Gasteiger partial charge < -0.3 is 5.32 Å². The Morgan fingerprint density at radius 3 is 2.69 bits per heavy atom. The third kappa shape index (κ3) is 3.91. The highest BCUT2D eigenvalue weighted by atomic mass is 19.1. The number of benzene rings is 1. The van der Waals surface area contributed by atoms with E-state index in [1.807, 2.05) is 19.2 Å². The van der Waals surface area contributed by atoms with Crippen LogP contribution in [0.25, 0.3) is 0 Å². The number of hydrogen-bond donors (Lipinski definition) is 1. The van der Waals surface area contributed by atoms with Gasteiger partial charge in [0.1, 0.15) is 5.82 Å². The molecule has 3 heteroatoms.